The van der Waals surface area contributed by atoms with E-state index in [0.717, 1.165) is 5.56 Å². The van der Waals surface area contributed by atoms with Gasteiger partial charge in [0.15, 0.2) is 0 Å². The van der Waals surface area contributed by atoms with Crippen LogP contribution in [0.3, 0.4) is 0 Å². The standard InChI is InChI=1S/C12H15NO3/c1-3-15-12(14)6-7-16-11-8-9(2)4-5-10(11)13/h4-8H,3,13H2,1-2H3/b7-6+. The summed E-state index contributed by atoms with van der Waals surface area (Å²) in [5.41, 5.74) is 7.25. The van der Waals surface area contributed by atoms with Gasteiger partial charge in [0, 0.05) is 0 Å². The molecule has 0 saturated heterocycles. The van der Waals surface area contributed by atoms with E-state index in [-0.39, 0.29) is 0 Å². The van der Waals surface area contributed by atoms with Crippen molar-refractivity contribution >= 4 is 11.7 Å². The van der Waals surface area contributed by atoms with Crippen molar-refractivity contribution in [3.63, 3.8) is 0 Å². The van der Waals surface area contributed by atoms with Crippen molar-refractivity contribution in [2.24, 2.45) is 0 Å². The van der Waals surface area contributed by atoms with Crippen LogP contribution in [0.4, 0.5) is 5.69 Å². The maximum Gasteiger partial charge on any atom is 0.333 e. The highest BCUT2D eigenvalue weighted by Gasteiger charge is 1.99. The third kappa shape index (κ3) is 3.65. The molecule has 2 N–H and O–H groups in total. The minimum Gasteiger partial charge on any atom is -0.463 e. The fraction of sp³-hybridized carbons (Fsp3) is 0.250. The maximum atomic E-state index is 11.0. The molecule has 0 fully saturated rings. The zero-order valence-corrected chi connectivity index (χ0v) is 9.40. The molecular weight excluding hydrogens is 206 g/mol. The van der Waals surface area contributed by atoms with Crippen molar-refractivity contribution in [2.75, 3.05) is 12.3 Å². The number of nitrogens with two attached hydrogens (primary N) is 1. The zero-order valence-electron chi connectivity index (χ0n) is 9.40. The first-order chi connectivity index (χ1) is 7.63. The Morgan fingerprint density at radius 3 is 2.94 bits per heavy atom. The lowest BCUT2D eigenvalue weighted by Gasteiger charge is -2.04. The number of aryl methyl sites for hydroxylation is 1. The molecule has 0 spiro atoms. The number of carbonyl (C=O) groups excluding carboxylic acids is 1. The van der Waals surface area contributed by atoms with Gasteiger partial charge in [-0.25, -0.2) is 4.79 Å². The molecule has 0 radical (unpaired) electrons. The summed E-state index contributed by atoms with van der Waals surface area (Å²) in [5.74, 6) is 0.0919. The SMILES string of the molecule is CCOC(=O)/C=C/Oc1cc(C)ccc1N. The molecule has 1 aromatic rings. The van der Waals surface area contributed by atoms with E-state index in [4.69, 9.17) is 15.2 Å². The lowest BCUT2D eigenvalue weighted by atomic mass is 10.2. The van der Waals surface area contributed by atoms with Gasteiger partial charge in [-0.15, -0.1) is 0 Å². The highest BCUT2D eigenvalue weighted by Crippen LogP contribution is 2.22. The van der Waals surface area contributed by atoms with Gasteiger partial charge in [-0.3, -0.25) is 0 Å². The summed E-state index contributed by atoms with van der Waals surface area (Å²) in [6.45, 7) is 4.02. The van der Waals surface area contributed by atoms with Gasteiger partial charge in [-0.05, 0) is 31.5 Å². The molecule has 4 nitrogen and oxygen atoms in total. The van der Waals surface area contributed by atoms with Gasteiger partial charge in [-0.1, -0.05) is 6.07 Å². The van der Waals surface area contributed by atoms with Crippen LogP contribution in [-0.4, -0.2) is 12.6 Å². The summed E-state index contributed by atoms with van der Waals surface area (Å²) in [5, 5.41) is 0. The Hall–Kier alpha value is -1.97. The maximum absolute atomic E-state index is 11.0. The molecule has 0 aliphatic carbocycles. The lowest BCUT2D eigenvalue weighted by molar-refractivity contribution is -0.137. The molecule has 0 aromatic heterocycles. The minimum atomic E-state index is -0.436. The average molecular weight is 221 g/mol. The van der Waals surface area contributed by atoms with Gasteiger partial charge in [0.05, 0.1) is 24.6 Å². The second-order valence-corrected chi connectivity index (χ2v) is 3.21. The Morgan fingerprint density at radius 2 is 2.25 bits per heavy atom. The van der Waals surface area contributed by atoms with E-state index < -0.39 is 5.97 Å². The van der Waals surface area contributed by atoms with Crippen LogP contribution >= 0.6 is 0 Å². The molecule has 86 valence electrons. The van der Waals surface area contributed by atoms with Crippen LogP contribution < -0.4 is 10.5 Å². The summed E-state index contributed by atoms with van der Waals surface area (Å²) in [7, 11) is 0. The van der Waals surface area contributed by atoms with E-state index in [0.29, 0.717) is 18.0 Å². The Balaban J connectivity index is 2.60. The van der Waals surface area contributed by atoms with Gasteiger partial charge in [0.25, 0.3) is 0 Å². The van der Waals surface area contributed by atoms with E-state index in [9.17, 15) is 4.79 Å². The molecule has 1 aromatic carbocycles. The van der Waals surface area contributed by atoms with E-state index in [2.05, 4.69) is 0 Å². The van der Waals surface area contributed by atoms with Crippen LogP contribution in [0, 0.1) is 6.92 Å². The zero-order chi connectivity index (χ0) is 12.0. The fourth-order valence-corrected chi connectivity index (χ4v) is 1.10. The first kappa shape index (κ1) is 12.1. The average Bonchev–Trinajstić information content (AvgIpc) is 2.23. The Morgan fingerprint density at radius 1 is 1.50 bits per heavy atom. The van der Waals surface area contributed by atoms with Crippen LogP contribution in [-0.2, 0) is 9.53 Å². The minimum absolute atomic E-state index is 0.343. The van der Waals surface area contributed by atoms with Crippen molar-refractivity contribution in [1.82, 2.24) is 0 Å². The van der Waals surface area contributed by atoms with Crippen molar-refractivity contribution in [3.05, 3.63) is 36.1 Å². The van der Waals surface area contributed by atoms with E-state index >= 15 is 0 Å². The van der Waals surface area contributed by atoms with Crippen LogP contribution in [0.15, 0.2) is 30.5 Å². The number of esters is 1. The third-order valence-electron chi connectivity index (χ3n) is 1.85. The molecule has 0 amide bonds. The Kier molecular flexibility index (Phi) is 4.39. The number of hydrogen-bond acceptors (Lipinski definition) is 4. The molecule has 0 heterocycles. The van der Waals surface area contributed by atoms with E-state index in [1.165, 1.54) is 12.3 Å². The highest BCUT2D eigenvalue weighted by molar-refractivity contribution is 5.81. The van der Waals surface area contributed by atoms with Crippen LogP contribution in [0.1, 0.15) is 12.5 Å². The topological polar surface area (TPSA) is 61.5 Å². The first-order valence-corrected chi connectivity index (χ1v) is 4.99. The van der Waals surface area contributed by atoms with Gasteiger partial charge >= 0.3 is 5.97 Å². The molecule has 0 unspecified atom stereocenters. The number of hydrogen-bond donors (Lipinski definition) is 1. The van der Waals surface area contributed by atoms with Crippen LogP contribution in [0.25, 0.3) is 0 Å². The van der Waals surface area contributed by atoms with Crippen molar-refractivity contribution in [1.29, 1.82) is 0 Å². The van der Waals surface area contributed by atoms with Gasteiger partial charge in [0.1, 0.15) is 5.75 Å². The molecule has 0 atom stereocenters. The van der Waals surface area contributed by atoms with E-state index in [1.54, 1.807) is 19.1 Å². The van der Waals surface area contributed by atoms with Gasteiger partial charge in [-0.2, -0.15) is 0 Å². The smallest absolute Gasteiger partial charge is 0.333 e. The van der Waals surface area contributed by atoms with Crippen molar-refractivity contribution in [2.45, 2.75) is 13.8 Å². The molecule has 16 heavy (non-hydrogen) atoms. The molecule has 4 heteroatoms. The summed E-state index contributed by atoms with van der Waals surface area (Å²) in [6, 6.07) is 5.44. The quantitative estimate of drug-likeness (QED) is 0.366. The van der Waals surface area contributed by atoms with Crippen molar-refractivity contribution < 1.29 is 14.3 Å². The molecule has 0 aliphatic rings. The van der Waals surface area contributed by atoms with Gasteiger partial charge in [0.2, 0.25) is 0 Å². The fourth-order valence-electron chi connectivity index (χ4n) is 1.10. The van der Waals surface area contributed by atoms with Crippen LogP contribution in [0.2, 0.25) is 0 Å². The normalized spacial score (nSPS) is 10.4. The molecular formula is C12H15NO3. The number of anilines is 1. The second kappa shape index (κ2) is 5.80. The summed E-state index contributed by atoms with van der Waals surface area (Å²) in [4.78, 5) is 11.0. The number of ether oxygens (including phenoxy) is 2. The Labute approximate surface area is 94.7 Å². The number of benzene rings is 1. The predicted octanol–water partition coefficient (Wildman–Crippen LogP) is 2.03. The number of carbonyl (C=O) groups is 1. The molecule has 1 rings (SSSR count). The second-order valence-electron chi connectivity index (χ2n) is 3.21. The third-order valence-corrected chi connectivity index (χ3v) is 1.85. The highest BCUT2D eigenvalue weighted by atomic mass is 16.5. The van der Waals surface area contributed by atoms with Crippen molar-refractivity contribution in [3.8, 4) is 5.75 Å². The largest absolute Gasteiger partial charge is 0.463 e. The van der Waals surface area contributed by atoms with E-state index in [1.807, 2.05) is 13.0 Å². The molecule has 0 bridgehead atoms. The predicted molar refractivity (Wildman–Crippen MR) is 62.0 cm³/mol. The Bertz CT molecular complexity index is 399. The lowest BCUT2D eigenvalue weighted by Crippen LogP contribution is -2.00. The summed E-state index contributed by atoms with van der Waals surface area (Å²) < 4.78 is 9.92. The van der Waals surface area contributed by atoms with Crippen LogP contribution in [0.5, 0.6) is 5.75 Å². The number of nitrogen functional groups attached to an aromatic ring is 1. The number of rotatable bonds is 4. The molecule has 0 saturated carbocycles. The summed E-state index contributed by atoms with van der Waals surface area (Å²) in [6.07, 6.45) is 2.48. The first-order valence-electron chi connectivity index (χ1n) is 4.99. The molecule has 0 aliphatic heterocycles. The van der Waals surface area contributed by atoms with Gasteiger partial charge < -0.3 is 15.2 Å². The monoisotopic (exact) mass is 221 g/mol. The summed E-state index contributed by atoms with van der Waals surface area (Å²) >= 11 is 0.